The minimum atomic E-state index is -0.257. The van der Waals surface area contributed by atoms with Crippen LogP contribution < -0.4 is 5.32 Å². The SMILES string of the molecule is CNC(Cc1ccc(F)cc1)c1c(C)cc(C)cc1F. The van der Waals surface area contributed by atoms with E-state index in [1.165, 1.54) is 12.1 Å². The molecule has 0 saturated carbocycles. The molecular weight excluding hydrogens is 256 g/mol. The zero-order chi connectivity index (χ0) is 14.7. The summed E-state index contributed by atoms with van der Waals surface area (Å²) in [6.07, 6.45) is 0.623. The van der Waals surface area contributed by atoms with Crippen LogP contribution in [0.1, 0.15) is 28.3 Å². The van der Waals surface area contributed by atoms with Gasteiger partial charge in [-0.05, 0) is 62.2 Å². The maximum Gasteiger partial charge on any atom is 0.128 e. The van der Waals surface area contributed by atoms with Crippen LogP contribution in [0, 0.1) is 25.5 Å². The Morgan fingerprint density at radius 3 is 2.25 bits per heavy atom. The van der Waals surface area contributed by atoms with Crippen LogP contribution in [-0.2, 0) is 6.42 Å². The molecule has 0 bridgehead atoms. The van der Waals surface area contributed by atoms with Crippen LogP contribution in [0.25, 0.3) is 0 Å². The Labute approximate surface area is 118 Å². The van der Waals surface area contributed by atoms with Gasteiger partial charge in [-0.2, -0.15) is 0 Å². The van der Waals surface area contributed by atoms with Gasteiger partial charge in [0, 0.05) is 11.6 Å². The number of nitrogens with one attached hydrogen (secondary N) is 1. The van der Waals surface area contributed by atoms with Gasteiger partial charge in [-0.3, -0.25) is 0 Å². The molecule has 2 aromatic carbocycles. The molecule has 2 rings (SSSR count). The molecule has 1 nitrogen and oxygen atoms in total. The Morgan fingerprint density at radius 2 is 1.70 bits per heavy atom. The smallest absolute Gasteiger partial charge is 0.128 e. The van der Waals surface area contributed by atoms with Gasteiger partial charge in [-0.15, -0.1) is 0 Å². The molecule has 20 heavy (non-hydrogen) atoms. The summed E-state index contributed by atoms with van der Waals surface area (Å²) < 4.78 is 27.1. The summed E-state index contributed by atoms with van der Waals surface area (Å²) in [4.78, 5) is 0. The molecule has 0 saturated heterocycles. The van der Waals surface area contributed by atoms with Crippen molar-refractivity contribution in [3.8, 4) is 0 Å². The molecule has 0 aliphatic carbocycles. The van der Waals surface area contributed by atoms with E-state index in [1.54, 1.807) is 18.2 Å². The number of hydrogen-bond donors (Lipinski definition) is 1. The van der Waals surface area contributed by atoms with Gasteiger partial charge in [0.2, 0.25) is 0 Å². The maximum atomic E-state index is 14.2. The van der Waals surface area contributed by atoms with Crippen molar-refractivity contribution >= 4 is 0 Å². The molecule has 0 radical (unpaired) electrons. The van der Waals surface area contributed by atoms with Gasteiger partial charge in [0.15, 0.2) is 0 Å². The summed E-state index contributed by atoms with van der Waals surface area (Å²) in [5.41, 5.74) is 3.51. The quantitative estimate of drug-likeness (QED) is 0.886. The summed E-state index contributed by atoms with van der Waals surface area (Å²) in [6, 6.07) is 9.74. The van der Waals surface area contributed by atoms with Crippen LogP contribution in [0.3, 0.4) is 0 Å². The Bertz CT molecular complexity index is 567. The fourth-order valence-electron chi connectivity index (χ4n) is 2.57. The number of likely N-dealkylation sites (N-methyl/N-ethyl adjacent to an activating group) is 1. The van der Waals surface area contributed by atoms with E-state index in [9.17, 15) is 8.78 Å². The van der Waals surface area contributed by atoms with Crippen molar-refractivity contribution in [2.45, 2.75) is 26.3 Å². The third kappa shape index (κ3) is 3.23. The third-order valence-electron chi connectivity index (χ3n) is 3.53. The molecule has 106 valence electrons. The molecule has 0 aliphatic heterocycles. The standard InChI is InChI=1S/C17H19F2N/c1-11-8-12(2)17(15(19)9-11)16(20-3)10-13-4-6-14(18)7-5-13/h4-9,16,20H,10H2,1-3H3. The summed E-state index contributed by atoms with van der Waals surface area (Å²) in [7, 11) is 1.81. The van der Waals surface area contributed by atoms with Crippen LogP contribution >= 0.6 is 0 Å². The first kappa shape index (κ1) is 14.7. The van der Waals surface area contributed by atoms with Crippen molar-refractivity contribution in [1.82, 2.24) is 5.32 Å². The van der Waals surface area contributed by atoms with Gasteiger partial charge in [0.1, 0.15) is 11.6 Å². The highest BCUT2D eigenvalue weighted by Gasteiger charge is 2.17. The van der Waals surface area contributed by atoms with Gasteiger partial charge < -0.3 is 5.32 Å². The molecule has 0 heterocycles. The highest BCUT2D eigenvalue weighted by atomic mass is 19.1. The molecule has 1 N–H and O–H groups in total. The van der Waals surface area contributed by atoms with Crippen LogP contribution in [0.15, 0.2) is 36.4 Å². The molecule has 1 unspecified atom stereocenters. The fraction of sp³-hybridized carbons (Fsp3) is 0.294. The Hall–Kier alpha value is -1.74. The highest BCUT2D eigenvalue weighted by Crippen LogP contribution is 2.25. The molecule has 1 atom stereocenters. The molecule has 3 heteroatoms. The van der Waals surface area contributed by atoms with Crippen LogP contribution in [0.5, 0.6) is 0 Å². The van der Waals surface area contributed by atoms with Gasteiger partial charge >= 0.3 is 0 Å². The van der Waals surface area contributed by atoms with Crippen molar-refractivity contribution in [3.05, 3.63) is 70.3 Å². The van der Waals surface area contributed by atoms with Crippen molar-refractivity contribution in [3.63, 3.8) is 0 Å². The zero-order valence-corrected chi connectivity index (χ0v) is 12.0. The first-order chi connectivity index (χ1) is 9.51. The summed E-state index contributed by atoms with van der Waals surface area (Å²) in [5, 5.41) is 3.15. The average Bonchev–Trinajstić information content (AvgIpc) is 2.38. The number of hydrogen-bond acceptors (Lipinski definition) is 1. The second-order valence-electron chi connectivity index (χ2n) is 5.15. The van der Waals surface area contributed by atoms with Crippen LogP contribution in [0.2, 0.25) is 0 Å². The topological polar surface area (TPSA) is 12.0 Å². The van der Waals surface area contributed by atoms with Crippen LogP contribution in [0.4, 0.5) is 8.78 Å². The predicted octanol–water partition coefficient (Wildman–Crippen LogP) is 4.08. The predicted molar refractivity (Wildman–Crippen MR) is 77.8 cm³/mol. The highest BCUT2D eigenvalue weighted by molar-refractivity contribution is 5.35. The number of halogens is 2. The minimum Gasteiger partial charge on any atom is -0.313 e. The Balaban J connectivity index is 2.31. The first-order valence-corrected chi connectivity index (χ1v) is 6.69. The van der Waals surface area contributed by atoms with Gasteiger partial charge in [-0.1, -0.05) is 18.2 Å². The number of rotatable bonds is 4. The van der Waals surface area contributed by atoms with E-state index in [2.05, 4.69) is 5.32 Å². The van der Waals surface area contributed by atoms with Gasteiger partial charge in [-0.25, -0.2) is 8.78 Å². The van der Waals surface area contributed by atoms with E-state index in [0.29, 0.717) is 12.0 Å². The molecule has 0 aliphatic rings. The molecular formula is C17H19F2N. The normalized spacial score (nSPS) is 12.4. The van der Waals surface area contributed by atoms with Crippen molar-refractivity contribution < 1.29 is 8.78 Å². The van der Waals surface area contributed by atoms with Crippen molar-refractivity contribution in [1.29, 1.82) is 0 Å². The van der Waals surface area contributed by atoms with E-state index < -0.39 is 0 Å². The lowest BCUT2D eigenvalue weighted by Gasteiger charge is -2.20. The summed E-state index contributed by atoms with van der Waals surface area (Å²) >= 11 is 0. The number of benzene rings is 2. The van der Waals surface area contributed by atoms with E-state index in [0.717, 1.165) is 16.7 Å². The molecule has 0 spiro atoms. The van der Waals surface area contributed by atoms with Crippen molar-refractivity contribution in [2.75, 3.05) is 7.05 Å². The lowest BCUT2D eigenvalue weighted by atomic mass is 9.93. The molecule has 0 amide bonds. The third-order valence-corrected chi connectivity index (χ3v) is 3.53. The van der Waals surface area contributed by atoms with Gasteiger partial charge in [0.05, 0.1) is 0 Å². The van der Waals surface area contributed by atoms with E-state index in [4.69, 9.17) is 0 Å². The van der Waals surface area contributed by atoms with E-state index in [1.807, 2.05) is 27.0 Å². The Morgan fingerprint density at radius 1 is 1.05 bits per heavy atom. The second-order valence-corrected chi connectivity index (χ2v) is 5.15. The average molecular weight is 275 g/mol. The Kier molecular flexibility index (Phi) is 4.50. The molecule has 0 aromatic heterocycles. The minimum absolute atomic E-state index is 0.124. The monoisotopic (exact) mass is 275 g/mol. The maximum absolute atomic E-state index is 14.2. The lowest BCUT2D eigenvalue weighted by molar-refractivity contribution is 0.529. The van der Waals surface area contributed by atoms with E-state index in [-0.39, 0.29) is 17.7 Å². The van der Waals surface area contributed by atoms with Crippen molar-refractivity contribution in [2.24, 2.45) is 0 Å². The summed E-state index contributed by atoms with van der Waals surface area (Å²) in [5.74, 6) is -0.448. The fourth-order valence-corrected chi connectivity index (χ4v) is 2.57. The second kappa shape index (κ2) is 6.14. The summed E-state index contributed by atoms with van der Waals surface area (Å²) in [6.45, 7) is 3.80. The molecule has 2 aromatic rings. The largest absolute Gasteiger partial charge is 0.313 e. The zero-order valence-electron chi connectivity index (χ0n) is 12.0. The van der Waals surface area contributed by atoms with Crippen LogP contribution in [-0.4, -0.2) is 7.05 Å². The lowest BCUT2D eigenvalue weighted by Crippen LogP contribution is -2.21. The number of aryl methyl sites for hydroxylation is 2. The van der Waals surface area contributed by atoms with E-state index >= 15 is 0 Å². The molecule has 0 fully saturated rings. The first-order valence-electron chi connectivity index (χ1n) is 6.69. The van der Waals surface area contributed by atoms with Gasteiger partial charge in [0.25, 0.3) is 0 Å².